The van der Waals surface area contributed by atoms with Gasteiger partial charge in [-0.15, -0.1) is 0 Å². The molecule has 29 heavy (non-hydrogen) atoms. The Labute approximate surface area is 170 Å². The standard InChI is InChI=1S/C23H25N3O3/c1-16-7-4-8-17(2)23(16)24-21(27)11-6-14-26-22(28)13-12-20(25-26)18-9-5-10-19(15-18)29-3/h4-5,7-10,12-13,15H,6,11,14H2,1-3H3,(H,24,27). The van der Waals surface area contributed by atoms with Crippen molar-refractivity contribution in [1.82, 2.24) is 9.78 Å². The van der Waals surface area contributed by atoms with Gasteiger partial charge in [-0.1, -0.05) is 30.3 Å². The van der Waals surface area contributed by atoms with E-state index in [0.29, 0.717) is 25.1 Å². The van der Waals surface area contributed by atoms with Gasteiger partial charge in [0.2, 0.25) is 5.91 Å². The van der Waals surface area contributed by atoms with Gasteiger partial charge in [0, 0.05) is 30.3 Å². The Bertz CT molecular complexity index is 1050. The van der Waals surface area contributed by atoms with E-state index in [2.05, 4.69) is 10.4 Å². The van der Waals surface area contributed by atoms with Gasteiger partial charge in [0.1, 0.15) is 5.75 Å². The van der Waals surface area contributed by atoms with Crippen molar-refractivity contribution in [3.63, 3.8) is 0 Å². The average Bonchev–Trinajstić information content (AvgIpc) is 2.72. The highest BCUT2D eigenvalue weighted by molar-refractivity contribution is 5.92. The van der Waals surface area contributed by atoms with Crippen molar-refractivity contribution in [2.24, 2.45) is 0 Å². The number of methoxy groups -OCH3 is 1. The number of carbonyl (C=O) groups excluding carboxylic acids is 1. The number of hydrogen-bond donors (Lipinski definition) is 1. The number of nitrogens with one attached hydrogen (secondary N) is 1. The summed E-state index contributed by atoms with van der Waals surface area (Å²) in [5, 5.41) is 7.41. The van der Waals surface area contributed by atoms with Crippen LogP contribution in [0.4, 0.5) is 5.69 Å². The third-order valence-electron chi connectivity index (χ3n) is 4.75. The largest absolute Gasteiger partial charge is 0.497 e. The van der Waals surface area contributed by atoms with Gasteiger partial charge in [-0.05, 0) is 49.6 Å². The van der Waals surface area contributed by atoms with Gasteiger partial charge in [0.25, 0.3) is 5.56 Å². The lowest BCUT2D eigenvalue weighted by molar-refractivity contribution is -0.116. The number of aryl methyl sites for hydroxylation is 3. The summed E-state index contributed by atoms with van der Waals surface area (Å²) in [4.78, 5) is 24.5. The first-order chi connectivity index (χ1) is 14.0. The molecular weight excluding hydrogens is 366 g/mol. The lowest BCUT2D eigenvalue weighted by atomic mass is 10.1. The number of para-hydroxylation sites is 1. The Kier molecular flexibility index (Phi) is 6.44. The molecule has 150 valence electrons. The van der Waals surface area contributed by atoms with Gasteiger partial charge < -0.3 is 10.1 Å². The summed E-state index contributed by atoms with van der Waals surface area (Å²) in [5.74, 6) is 0.657. The number of hydrogen-bond acceptors (Lipinski definition) is 4. The topological polar surface area (TPSA) is 73.2 Å². The van der Waals surface area contributed by atoms with Crippen molar-refractivity contribution in [2.75, 3.05) is 12.4 Å². The maximum absolute atomic E-state index is 12.3. The van der Waals surface area contributed by atoms with Crippen LogP contribution in [0.3, 0.4) is 0 Å². The molecule has 0 fully saturated rings. The number of carbonyl (C=O) groups is 1. The molecule has 0 atom stereocenters. The summed E-state index contributed by atoms with van der Waals surface area (Å²) in [7, 11) is 1.61. The molecule has 1 heterocycles. The maximum Gasteiger partial charge on any atom is 0.266 e. The second kappa shape index (κ2) is 9.19. The van der Waals surface area contributed by atoms with E-state index in [1.54, 1.807) is 13.2 Å². The first kappa shape index (κ1) is 20.3. The molecule has 0 aliphatic carbocycles. The molecule has 6 nitrogen and oxygen atoms in total. The Hall–Kier alpha value is -3.41. The molecule has 6 heteroatoms. The van der Waals surface area contributed by atoms with E-state index in [0.717, 1.165) is 28.1 Å². The zero-order chi connectivity index (χ0) is 20.8. The van der Waals surface area contributed by atoms with Crippen LogP contribution in [0.25, 0.3) is 11.3 Å². The lowest BCUT2D eigenvalue weighted by Gasteiger charge is -2.12. The van der Waals surface area contributed by atoms with E-state index in [1.807, 2.05) is 56.3 Å². The molecule has 0 radical (unpaired) electrons. The van der Waals surface area contributed by atoms with E-state index in [9.17, 15) is 9.59 Å². The molecule has 0 bridgehead atoms. The molecule has 1 aromatic heterocycles. The van der Waals surface area contributed by atoms with Crippen molar-refractivity contribution in [3.8, 4) is 17.0 Å². The molecule has 3 aromatic rings. The minimum atomic E-state index is -0.188. The smallest absolute Gasteiger partial charge is 0.266 e. The molecular formula is C23H25N3O3. The van der Waals surface area contributed by atoms with Crippen molar-refractivity contribution < 1.29 is 9.53 Å². The fraction of sp³-hybridized carbons (Fsp3) is 0.261. The van der Waals surface area contributed by atoms with E-state index in [-0.39, 0.29) is 11.5 Å². The number of ether oxygens (including phenoxy) is 1. The zero-order valence-electron chi connectivity index (χ0n) is 16.9. The number of anilines is 1. The Balaban J connectivity index is 1.64. The van der Waals surface area contributed by atoms with Crippen molar-refractivity contribution >= 4 is 11.6 Å². The summed E-state index contributed by atoms with van der Waals surface area (Å²) >= 11 is 0. The van der Waals surface area contributed by atoms with Crippen LogP contribution in [0.5, 0.6) is 5.75 Å². The predicted molar refractivity (Wildman–Crippen MR) is 114 cm³/mol. The van der Waals surface area contributed by atoms with Crippen LogP contribution in [0.1, 0.15) is 24.0 Å². The minimum absolute atomic E-state index is 0.0700. The summed E-state index contributed by atoms with van der Waals surface area (Å²) < 4.78 is 6.65. The molecule has 3 rings (SSSR count). The molecule has 0 saturated carbocycles. The van der Waals surface area contributed by atoms with Crippen LogP contribution in [0, 0.1) is 13.8 Å². The van der Waals surface area contributed by atoms with E-state index >= 15 is 0 Å². The fourth-order valence-electron chi connectivity index (χ4n) is 3.15. The minimum Gasteiger partial charge on any atom is -0.497 e. The van der Waals surface area contributed by atoms with Crippen molar-refractivity contribution in [2.45, 2.75) is 33.2 Å². The second-order valence-electron chi connectivity index (χ2n) is 6.93. The third-order valence-corrected chi connectivity index (χ3v) is 4.75. The highest BCUT2D eigenvalue weighted by atomic mass is 16.5. The molecule has 0 spiro atoms. The van der Waals surface area contributed by atoms with Gasteiger partial charge in [-0.2, -0.15) is 5.10 Å². The third kappa shape index (κ3) is 5.10. The maximum atomic E-state index is 12.3. The van der Waals surface area contributed by atoms with Crippen LogP contribution in [-0.4, -0.2) is 22.8 Å². The molecule has 0 saturated heterocycles. The van der Waals surface area contributed by atoms with Gasteiger partial charge in [-0.3, -0.25) is 9.59 Å². The number of aromatic nitrogens is 2. The first-order valence-corrected chi connectivity index (χ1v) is 9.56. The summed E-state index contributed by atoms with van der Waals surface area (Å²) in [6, 6.07) is 16.6. The molecule has 0 unspecified atom stereocenters. The quantitative estimate of drug-likeness (QED) is 0.662. The number of amides is 1. The lowest BCUT2D eigenvalue weighted by Crippen LogP contribution is -2.23. The molecule has 2 aromatic carbocycles. The summed E-state index contributed by atoms with van der Waals surface area (Å²) in [6.07, 6.45) is 0.830. The first-order valence-electron chi connectivity index (χ1n) is 9.56. The Morgan fingerprint density at radius 3 is 2.52 bits per heavy atom. The van der Waals surface area contributed by atoms with Crippen LogP contribution >= 0.6 is 0 Å². The van der Waals surface area contributed by atoms with Gasteiger partial charge in [-0.25, -0.2) is 4.68 Å². The van der Waals surface area contributed by atoms with Gasteiger partial charge in [0.05, 0.1) is 12.8 Å². The highest BCUT2D eigenvalue weighted by Crippen LogP contribution is 2.21. The highest BCUT2D eigenvalue weighted by Gasteiger charge is 2.09. The number of nitrogens with zero attached hydrogens (tertiary/aromatic N) is 2. The van der Waals surface area contributed by atoms with Crippen LogP contribution < -0.4 is 15.6 Å². The number of rotatable bonds is 7. The molecule has 1 amide bonds. The SMILES string of the molecule is COc1cccc(-c2ccc(=O)n(CCCC(=O)Nc3c(C)cccc3C)n2)c1. The van der Waals surface area contributed by atoms with E-state index in [4.69, 9.17) is 4.74 Å². The normalized spacial score (nSPS) is 10.6. The summed E-state index contributed by atoms with van der Waals surface area (Å²) in [6.45, 7) is 4.31. The average molecular weight is 391 g/mol. The fourth-order valence-corrected chi connectivity index (χ4v) is 3.15. The molecule has 0 aliphatic heterocycles. The monoisotopic (exact) mass is 391 g/mol. The van der Waals surface area contributed by atoms with Crippen LogP contribution in [0.15, 0.2) is 59.4 Å². The summed E-state index contributed by atoms with van der Waals surface area (Å²) in [5.41, 5.74) is 4.28. The van der Waals surface area contributed by atoms with Crippen LogP contribution in [0.2, 0.25) is 0 Å². The van der Waals surface area contributed by atoms with E-state index < -0.39 is 0 Å². The molecule has 0 aliphatic rings. The predicted octanol–water partition coefficient (Wildman–Crippen LogP) is 3.95. The molecule has 1 N–H and O–H groups in total. The van der Waals surface area contributed by atoms with Crippen LogP contribution in [-0.2, 0) is 11.3 Å². The number of benzene rings is 2. The van der Waals surface area contributed by atoms with Crippen molar-refractivity contribution in [1.29, 1.82) is 0 Å². The van der Waals surface area contributed by atoms with Crippen molar-refractivity contribution in [3.05, 3.63) is 76.1 Å². The zero-order valence-corrected chi connectivity index (χ0v) is 16.9. The Morgan fingerprint density at radius 1 is 1.07 bits per heavy atom. The second-order valence-corrected chi connectivity index (χ2v) is 6.93. The van der Waals surface area contributed by atoms with Gasteiger partial charge >= 0.3 is 0 Å². The van der Waals surface area contributed by atoms with Gasteiger partial charge in [0.15, 0.2) is 0 Å². The Morgan fingerprint density at radius 2 is 1.79 bits per heavy atom. The van der Waals surface area contributed by atoms with E-state index in [1.165, 1.54) is 10.7 Å².